The van der Waals surface area contributed by atoms with Gasteiger partial charge in [-0.1, -0.05) is 0 Å². The monoisotopic (exact) mass is 531 g/mol. The Kier molecular flexibility index (Phi) is 16.2. The summed E-state index contributed by atoms with van der Waals surface area (Å²) >= 11 is 0. The minimum absolute atomic E-state index is 0.0989. The predicted molar refractivity (Wildman–Crippen MR) is 134 cm³/mol. The van der Waals surface area contributed by atoms with Crippen LogP contribution in [0.1, 0.15) is 51.9 Å². The Hall–Kier alpha value is -3.50. The van der Waals surface area contributed by atoms with Crippen LogP contribution in [0.5, 0.6) is 0 Å². The summed E-state index contributed by atoms with van der Waals surface area (Å²) in [6.07, 6.45) is -0.189. The van der Waals surface area contributed by atoms with Crippen molar-refractivity contribution in [3.05, 3.63) is 0 Å². The van der Waals surface area contributed by atoms with Gasteiger partial charge in [-0.25, -0.2) is 4.79 Å². The number of unbranched alkanes of at least 4 members (excludes halogenated alkanes) is 1. The molecule has 212 valence electrons. The summed E-state index contributed by atoms with van der Waals surface area (Å²) < 4.78 is 0. The zero-order valence-corrected chi connectivity index (χ0v) is 21.0. The maximum absolute atomic E-state index is 13.0. The molecule has 0 aliphatic rings. The molecule has 15 N–H and O–H groups in total. The molecule has 0 radical (unpaired) electrons. The van der Waals surface area contributed by atoms with Gasteiger partial charge in [-0.05, 0) is 52.0 Å². The van der Waals surface area contributed by atoms with Gasteiger partial charge in [0.15, 0.2) is 12.0 Å². The Morgan fingerprint density at radius 2 is 1.41 bits per heavy atom. The van der Waals surface area contributed by atoms with Crippen molar-refractivity contribution in [3.63, 3.8) is 0 Å². The normalized spacial score (nSPS) is 14.8. The third-order valence-electron chi connectivity index (χ3n) is 5.24. The molecule has 0 aliphatic carbocycles. The molecule has 0 saturated heterocycles. The lowest BCUT2D eigenvalue weighted by Crippen LogP contribution is -2.58. The highest BCUT2D eigenvalue weighted by Gasteiger charge is 2.31. The highest BCUT2D eigenvalue weighted by atomic mass is 16.4. The number of carbonyl (C=O) groups excluding carboxylic acids is 4. The van der Waals surface area contributed by atoms with Crippen LogP contribution in [0.3, 0.4) is 0 Å². The molecule has 0 bridgehead atoms. The van der Waals surface area contributed by atoms with Crippen molar-refractivity contribution in [2.75, 3.05) is 13.1 Å². The first-order valence-electron chi connectivity index (χ1n) is 11.9. The molecule has 0 aromatic rings. The number of hydrogen-bond donors (Lipinski definition) is 10. The Bertz CT molecular complexity index is 803. The first-order chi connectivity index (χ1) is 17.3. The SMILES string of the molecule is C[C@@H](O)[C@H](NC(=O)[C@H](CCCCN)NC(=O)[C@H](CCC(N)=O)NC(=O)[C@@H](N)CCCN=C(N)N)C(=O)O. The number of nitrogens with zero attached hydrogens (tertiary/aromatic N) is 1. The number of aliphatic hydroxyl groups is 1. The van der Waals surface area contributed by atoms with Crippen molar-refractivity contribution in [3.8, 4) is 0 Å². The number of guanidine groups is 1. The third-order valence-corrected chi connectivity index (χ3v) is 5.24. The van der Waals surface area contributed by atoms with Gasteiger partial charge in [0.1, 0.15) is 12.1 Å². The Morgan fingerprint density at radius 3 is 1.92 bits per heavy atom. The largest absolute Gasteiger partial charge is 0.480 e. The van der Waals surface area contributed by atoms with Gasteiger partial charge >= 0.3 is 5.97 Å². The fourth-order valence-electron chi connectivity index (χ4n) is 3.16. The number of carbonyl (C=O) groups is 5. The minimum atomic E-state index is -1.61. The lowest BCUT2D eigenvalue weighted by molar-refractivity contribution is -0.145. The maximum Gasteiger partial charge on any atom is 0.328 e. The molecule has 4 amide bonds. The van der Waals surface area contributed by atoms with Crippen LogP contribution in [0.2, 0.25) is 0 Å². The molecule has 16 heteroatoms. The van der Waals surface area contributed by atoms with E-state index in [9.17, 15) is 34.2 Å². The lowest BCUT2D eigenvalue weighted by Gasteiger charge is -2.25. The van der Waals surface area contributed by atoms with Crippen molar-refractivity contribution in [1.82, 2.24) is 16.0 Å². The molecular formula is C21H41N9O7. The number of primary amides is 1. The fraction of sp³-hybridized carbons (Fsp3) is 0.714. The van der Waals surface area contributed by atoms with Crippen LogP contribution < -0.4 is 44.6 Å². The number of nitrogens with two attached hydrogens (primary N) is 5. The molecule has 0 aromatic heterocycles. The van der Waals surface area contributed by atoms with E-state index in [2.05, 4.69) is 20.9 Å². The molecule has 5 atom stereocenters. The second-order valence-electron chi connectivity index (χ2n) is 8.53. The average Bonchev–Trinajstić information content (AvgIpc) is 2.80. The summed E-state index contributed by atoms with van der Waals surface area (Å²) in [5.41, 5.74) is 27.0. The van der Waals surface area contributed by atoms with Gasteiger partial charge in [-0.15, -0.1) is 0 Å². The molecule has 0 saturated carbocycles. The van der Waals surface area contributed by atoms with Crippen molar-refractivity contribution in [2.45, 2.75) is 82.1 Å². The van der Waals surface area contributed by atoms with Crippen LogP contribution >= 0.6 is 0 Å². The zero-order valence-electron chi connectivity index (χ0n) is 21.0. The van der Waals surface area contributed by atoms with E-state index in [0.717, 1.165) is 0 Å². The van der Waals surface area contributed by atoms with Gasteiger partial charge in [0.25, 0.3) is 0 Å². The summed E-state index contributed by atoms with van der Waals surface area (Å²) in [7, 11) is 0. The van der Waals surface area contributed by atoms with Crippen LogP contribution in [0, 0.1) is 0 Å². The Labute approximate surface area is 215 Å². The highest BCUT2D eigenvalue weighted by Crippen LogP contribution is 2.06. The van der Waals surface area contributed by atoms with Gasteiger partial charge < -0.3 is 54.8 Å². The van der Waals surface area contributed by atoms with Crippen LogP contribution in [-0.2, 0) is 24.0 Å². The van der Waals surface area contributed by atoms with E-state index in [1.165, 1.54) is 6.92 Å². The first-order valence-corrected chi connectivity index (χ1v) is 11.9. The number of aliphatic hydroxyl groups excluding tert-OH is 1. The van der Waals surface area contributed by atoms with E-state index in [-0.39, 0.29) is 38.2 Å². The van der Waals surface area contributed by atoms with E-state index >= 15 is 0 Å². The van der Waals surface area contributed by atoms with Crippen molar-refractivity contribution in [2.24, 2.45) is 33.7 Å². The molecule has 0 aliphatic heterocycles. The minimum Gasteiger partial charge on any atom is -0.480 e. The smallest absolute Gasteiger partial charge is 0.328 e. The van der Waals surface area contributed by atoms with Crippen molar-refractivity contribution in [1.29, 1.82) is 0 Å². The lowest BCUT2D eigenvalue weighted by atomic mass is 10.0. The number of hydrogen-bond acceptors (Lipinski definition) is 9. The van der Waals surface area contributed by atoms with Gasteiger partial charge in [0, 0.05) is 13.0 Å². The molecule has 0 heterocycles. The van der Waals surface area contributed by atoms with Crippen molar-refractivity contribution < 1.29 is 34.2 Å². The van der Waals surface area contributed by atoms with Crippen LogP contribution in [-0.4, -0.2) is 89.1 Å². The number of nitrogens with one attached hydrogen (secondary N) is 3. The number of amides is 4. The second kappa shape index (κ2) is 17.9. The Balaban J connectivity index is 5.49. The van der Waals surface area contributed by atoms with Crippen LogP contribution in [0.15, 0.2) is 4.99 Å². The summed E-state index contributed by atoms with van der Waals surface area (Å²) in [5, 5.41) is 26.0. The molecule has 0 spiro atoms. The molecule has 0 aromatic carbocycles. The van der Waals surface area contributed by atoms with Gasteiger partial charge in [0.2, 0.25) is 23.6 Å². The summed E-state index contributed by atoms with van der Waals surface area (Å²) in [6.45, 7) is 1.77. The second-order valence-corrected chi connectivity index (χ2v) is 8.53. The van der Waals surface area contributed by atoms with Crippen LogP contribution in [0.25, 0.3) is 0 Å². The zero-order chi connectivity index (χ0) is 28.5. The number of carboxylic acid groups (broad SMARTS) is 1. The number of aliphatic imine (C=N–C) groups is 1. The third kappa shape index (κ3) is 14.6. The molecule has 37 heavy (non-hydrogen) atoms. The highest BCUT2D eigenvalue weighted by molar-refractivity contribution is 5.94. The molecule has 0 rings (SSSR count). The number of aliphatic carboxylic acids is 1. The van der Waals surface area contributed by atoms with Gasteiger partial charge in [-0.3, -0.25) is 24.2 Å². The first kappa shape index (κ1) is 33.5. The molecule has 0 fully saturated rings. The van der Waals surface area contributed by atoms with Gasteiger partial charge in [0.05, 0.1) is 12.1 Å². The van der Waals surface area contributed by atoms with E-state index in [1.54, 1.807) is 0 Å². The number of carboxylic acids is 1. The summed E-state index contributed by atoms with van der Waals surface area (Å²) in [6, 6.07) is -5.09. The van der Waals surface area contributed by atoms with Gasteiger partial charge in [-0.2, -0.15) is 0 Å². The molecular weight excluding hydrogens is 490 g/mol. The van der Waals surface area contributed by atoms with E-state index < -0.39 is 59.9 Å². The summed E-state index contributed by atoms with van der Waals surface area (Å²) in [5.74, 6) is -4.62. The Morgan fingerprint density at radius 1 is 0.838 bits per heavy atom. The van der Waals surface area contributed by atoms with E-state index in [0.29, 0.717) is 25.8 Å². The fourth-order valence-corrected chi connectivity index (χ4v) is 3.16. The standard InChI is InChI=1S/C21H41N9O7/c1-11(31)16(20(36)37)30-19(35)13(6-2-3-9-22)29-18(34)14(7-8-15(24)32)28-17(33)12(23)5-4-10-27-21(25)26/h11-14,16,31H,2-10,22-23H2,1H3,(H2,24,32)(H,28,33)(H,29,34)(H,30,35)(H,36,37)(H4,25,26,27)/t11-,12+,13+,14+,16+/m1/s1. The topological polar surface area (TPSA) is 304 Å². The van der Waals surface area contributed by atoms with E-state index in [4.69, 9.17) is 28.7 Å². The summed E-state index contributed by atoms with van der Waals surface area (Å²) in [4.78, 5) is 64.8. The molecule has 16 nitrogen and oxygen atoms in total. The van der Waals surface area contributed by atoms with Crippen LogP contribution in [0.4, 0.5) is 0 Å². The van der Waals surface area contributed by atoms with E-state index in [1.807, 2.05) is 0 Å². The van der Waals surface area contributed by atoms with Crippen molar-refractivity contribution >= 4 is 35.6 Å². The average molecular weight is 532 g/mol. The maximum atomic E-state index is 13.0. The number of rotatable bonds is 19. The predicted octanol–water partition coefficient (Wildman–Crippen LogP) is -4.32. The molecule has 0 unspecified atom stereocenters. The quantitative estimate of drug-likeness (QED) is 0.0431.